The Morgan fingerprint density at radius 1 is 0.951 bits per heavy atom. The molecule has 1 atom stereocenters. The van der Waals surface area contributed by atoms with Gasteiger partial charge in [-0.05, 0) is 75.2 Å². The molecule has 0 saturated carbocycles. The molecule has 0 radical (unpaired) electrons. The molecule has 2 aromatic rings. The molecule has 0 aliphatic rings. The van der Waals surface area contributed by atoms with Crippen molar-refractivity contribution < 1.29 is 43.3 Å². The quantitative estimate of drug-likeness (QED) is 0.0765. The van der Waals surface area contributed by atoms with Crippen LogP contribution in [0.5, 0.6) is 5.75 Å². The summed E-state index contributed by atoms with van der Waals surface area (Å²) >= 11 is 0. The molecule has 1 amide bonds. The van der Waals surface area contributed by atoms with Crippen molar-refractivity contribution in [1.82, 2.24) is 4.90 Å². The third kappa shape index (κ3) is 9.60. The van der Waals surface area contributed by atoms with Gasteiger partial charge in [-0.2, -0.15) is 0 Å². The summed E-state index contributed by atoms with van der Waals surface area (Å²) < 4.78 is 15.1. The van der Waals surface area contributed by atoms with Gasteiger partial charge in [0.1, 0.15) is 11.6 Å². The van der Waals surface area contributed by atoms with Crippen LogP contribution in [0.15, 0.2) is 54.1 Å². The van der Waals surface area contributed by atoms with Crippen molar-refractivity contribution in [2.75, 3.05) is 19.8 Å². The summed E-state index contributed by atoms with van der Waals surface area (Å²) in [4.78, 5) is 62.8. The van der Waals surface area contributed by atoms with E-state index >= 15 is 0 Å². The largest absolute Gasteiger partial charge is 0.479 e. The van der Waals surface area contributed by atoms with Crippen molar-refractivity contribution in [2.45, 2.75) is 39.7 Å². The molecular formula is C29H33N3O9. The number of aliphatic carboxylic acids is 1. The van der Waals surface area contributed by atoms with Gasteiger partial charge < -0.3 is 30.0 Å². The second kappa shape index (κ2) is 15.6. The third-order valence-corrected chi connectivity index (χ3v) is 5.64. The van der Waals surface area contributed by atoms with Crippen LogP contribution in [0.25, 0.3) is 6.08 Å². The van der Waals surface area contributed by atoms with Crippen molar-refractivity contribution in [3.8, 4) is 5.75 Å². The van der Waals surface area contributed by atoms with Gasteiger partial charge in [0.2, 0.25) is 6.04 Å². The van der Waals surface area contributed by atoms with E-state index in [0.29, 0.717) is 11.1 Å². The summed E-state index contributed by atoms with van der Waals surface area (Å²) in [5, 5.41) is 17.1. The lowest BCUT2D eigenvalue weighted by Gasteiger charge is -2.28. The second-order valence-electron chi connectivity index (χ2n) is 8.68. The normalized spacial score (nSPS) is 11.6. The van der Waals surface area contributed by atoms with Crippen LogP contribution in [-0.4, -0.2) is 71.4 Å². The van der Waals surface area contributed by atoms with Crippen molar-refractivity contribution in [3.05, 3.63) is 70.8 Å². The molecular weight excluding hydrogens is 534 g/mol. The van der Waals surface area contributed by atoms with Crippen LogP contribution in [0.4, 0.5) is 0 Å². The minimum absolute atomic E-state index is 0.0648. The van der Waals surface area contributed by atoms with Gasteiger partial charge in [-0.25, -0.2) is 14.4 Å². The van der Waals surface area contributed by atoms with E-state index in [1.165, 1.54) is 44.2 Å². The molecule has 0 spiro atoms. The summed E-state index contributed by atoms with van der Waals surface area (Å²) in [5.74, 6) is -4.40. The Balaban J connectivity index is 2.21. The zero-order valence-electron chi connectivity index (χ0n) is 23.0. The van der Waals surface area contributed by atoms with Crippen molar-refractivity contribution in [3.63, 3.8) is 0 Å². The smallest absolute Gasteiger partial charge is 0.343 e. The van der Waals surface area contributed by atoms with Crippen LogP contribution >= 0.6 is 0 Å². The zero-order valence-corrected chi connectivity index (χ0v) is 23.0. The van der Waals surface area contributed by atoms with Crippen molar-refractivity contribution in [1.29, 1.82) is 5.41 Å². The fraction of sp³-hybridized carbons (Fsp3) is 0.310. The number of benzene rings is 2. The van der Waals surface area contributed by atoms with Gasteiger partial charge in [-0.3, -0.25) is 15.0 Å². The van der Waals surface area contributed by atoms with E-state index in [2.05, 4.69) is 0 Å². The SMILES string of the molecule is CCOC(=O)CCCN(C(=O)/C(C)=C/c1ccc(C(=O)Oc2ccc(C(=N)N)cc2)cc1)C(C(=O)O)C(=O)OCC. The first-order valence-corrected chi connectivity index (χ1v) is 12.8. The summed E-state index contributed by atoms with van der Waals surface area (Å²) in [5.41, 5.74) is 6.77. The Labute approximate surface area is 237 Å². The fourth-order valence-electron chi connectivity index (χ4n) is 3.68. The number of carboxylic acid groups (broad SMARTS) is 1. The molecule has 2 rings (SSSR count). The van der Waals surface area contributed by atoms with E-state index in [-0.39, 0.29) is 55.3 Å². The van der Waals surface area contributed by atoms with E-state index in [4.69, 9.17) is 25.4 Å². The molecule has 0 bridgehead atoms. The summed E-state index contributed by atoms with van der Waals surface area (Å²) in [6, 6.07) is 10.3. The van der Waals surface area contributed by atoms with Gasteiger partial charge in [0.05, 0.1) is 18.8 Å². The molecule has 4 N–H and O–H groups in total. The maximum absolute atomic E-state index is 13.3. The molecule has 41 heavy (non-hydrogen) atoms. The Kier molecular flexibility index (Phi) is 12.2. The van der Waals surface area contributed by atoms with Gasteiger partial charge >= 0.3 is 23.9 Å². The predicted molar refractivity (Wildman–Crippen MR) is 148 cm³/mol. The number of rotatable bonds is 14. The molecule has 0 aliphatic carbocycles. The number of amidine groups is 1. The molecule has 0 heterocycles. The Hall–Kier alpha value is -5.00. The first-order chi connectivity index (χ1) is 19.5. The molecule has 218 valence electrons. The van der Waals surface area contributed by atoms with Gasteiger partial charge in [-0.1, -0.05) is 12.1 Å². The Bertz CT molecular complexity index is 1300. The van der Waals surface area contributed by atoms with Gasteiger partial charge in [-0.15, -0.1) is 0 Å². The first kappa shape index (κ1) is 32.2. The molecule has 12 heteroatoms. The molecule has 0 aliphatic heterocycles. The Morgan fingerprint density at radius 3 is 2.07 bits per heavy atom. The summed E-state index contributed by atoms with van der Waals surface area (Å²) in [6.45, 7) is 4.50. The minimum atomic E-state index is -1.91. The highest BCUT2D eigenvalue weighted by Gasteiger charge is 2.37. The third-order valence-electron chi connectivity index (χ3n) is 5.64. The fourth-order valence-corrected chi connectivity index (χ4v) is 3.68. The van der Waals surface area contributed by atoms with Crippen LogP contribution in [0.2, 0.25) is 0 Å². The number of carboxylic acids is 1. The van der Waals surface area contributed by atoms with E-state index in [1.54, 1.807) is 31.2 Å². The van der Waals surface area contributed by atoms with Crippen LogP contribution < -0.4 is 10.5 Å². The number of nitrogens with two attached hydrogens (primary N) is 1. The number of nitrogens with zero attached hydrogens (tertiary/aromatic N) is 1. The highest BCUT2D eigenvalue weighted by molar-refractivity contribution is 6.06. The van der Waals surface area contributed by atoms with Crippen molar-refractivity contribution in [2.24, 2.45) is 5.73 Å². The van der Waals surface area contributed by atoms with Crippen LogP contribution in [0.3, 0.4) is 0 Å². The maximum Gasteiger partial charge on any atom is 0.343 e. The van der Waals surface area contributed by atoms with Crippen LogP contribution in [-0.2, 0) is 28.7 Å². The average molecular weight is 568 g/mol. The molecule has 0 aromatic heterocycles. The topological polar surface area (TPSA) is 186 Å². The maximum atomic E-state index is 13.3. The number of carbonyl (C=O) groups excluding carboxylic acids is 4. The number of ether oxygens (including phenoxy) is 3. The summed E-state index contributed by atoms with van der Waals surface area (Å²) in [7, 11) is 0. The molecule has 0 fully saturated rings. The Morgan fingerprint density at radius 2 is 1.54 bits per heavy atom. The molecule has 0 saturated heterocycles. The van der Waals surface area contributed by atoms with Gasteiger partial charge in [0.15, 0.2) is 0 Å². The number of nitrogen functional groups attached to an aromatic ring is 1. The number of hydrogen-bond acceptors (Lipinski definition) is 9. The van der Waals surface area contributed by atoms with E-state index < -0.39 is 35.8 Å². The predicted octanol–water partition coefficient (Wildman–Crippen LogP) is 2.78. The van der Waals surface area contributed by atoms with E-state index in [0.717, 1.165) is 4.90 Å². The standard InChI is InChI=1S/C29H33N3O9/c1-4-39-23(33)7-6-16-32(24(27(35)36)29(38)40-5-2)26(34)18(3)17-19-8-10-21(11-9-19)28(37)41-22-14-12-20(13-15-22)25(30)31/h8-15,17,24H,4-7,16H2,1-3H3,(H3,30,31)(H,35,36)/b18-17+. The average Bonchev–Trinajstić information content (AvgIpc) is 2.92. The lowest BCUT2D eigenvalue weighted by atomic mass is 10.1. The van der Waals surface area contributed by atoms with E-state index in [9.17, 15) is 29.1 Å². The monoisotopic (exact) mass is 567 g/mol. The molecule has 1 unspecified atom stereocenters. The van der Waals surface area contributed by atoms with Crippen molar-refractivity contribution >= 4 is 41.7 Å². The van der Waals surface area contributed by atoms with Crippen LogP contribution in [0.1, 0.15) is 55.1 Å². The number of nitrogens with one attached hydrogen (secondary N) is 1. The highest BCUT2D eigenvalue weighted by Crippen LogP contribution is 2.17. The van der Waals surface area contributed by atoms with E-state index in [1.807, 2.05) is 0 Å². The highest BCUT2D eigenvalue weighted by atomic mass is 16.5. The number of carbonyl (C=O) groups is 5. The molecule has 12 nitrogen and oxygen atoms in total. The first-order valence-electron chi connectivity index (χ1n) is 12.8. The number of hydrogen-bond donors (Lipinski definition) is 3. The number of amides is 1. The zero-order chi connectivity index (χ0) is 30.5. The summed E-state index contributed by atoms with van der Waals surface area (Å²) in [6.07, 6.45) is 1.46. The second-order valence-corrected chi connectivity index (χ2v) is 8.68. The lowest BCUT2D eigenvalue weighted by molar-refractivity contribution is -0.164. The number of esters is 3. The van der Waals surface area contributed by atoms with Crippen LogP contribution in [0, 0.1) is 5.41 Å². The lowest BCUT2D eigenvalue weighted by Crippen LogP contribution is -2.51. The van der Waals surface area contributed by atoms with Gasteiger partial charge in [0, 0.05) is 24.1 Å². The minimum Gasteiger partial charge on any atom is -0.479 e. The molecule has 2 aromatic carbocycles. The van der Waals surface area contributed by atoms with Gasteiger partial charge in [0.25, 0.3) is 5.91 Å².